The van der Waals surface area contributed by atoms with E-state index in [-0.39, 0.29) is 13.2 Å². The Morgan fingerprint density at radius 1 is 1.21 bits per heavy atom. The summed E-state index contributed by atoms with van der Waals surface area (Å²) in [5.41, 5.74) is 0.882. The molecule has 0 fully saturated rings. The molecule has 7 heteroatoms. The highest BCUT2D eigenvalue weighted by atomic mass is 28.3. The van der Waals surface area contributed by atoms with Crippen LogP contribution >= 0.6 is 0 Å². The first kappa shape index (κ1) is 18.2. The SMILES string of the molecule is CCOC(=O)C1CC([Si](C)(C)C)=NN1C(=O)OCc1ccccc1. The molecule has 0 saturated carbocycles. The molecule has 0 spiro atoms. The molecule has 0 aromatic heterocycles. The lowest BCUT2D eigenvalue weighted by atomic mass is 10.2. The van der Waals surface area contributed by atoms with E-state index >= 15 is 0 Å². The number of hydrazone groups is 1. The van der Waals surface area contributed by atoms with Crippen molar-refractivity contribution >= 4 is 25.5 Å². The smallest absolute Gasteiger partial charge is 0.431 e. The van der Waals surface area contributed by atoms with Gasteiger partial charge in [-0.15, -0.1) is 0 Å². The van der Waals surface area contributed by atoms with Gasteiger partial charge in [-0.25, -0.2) is 9.59 Å². The lowest BCUT2D eigenvalue weighted by Gasteiger charge is -2.19. The van der Waals surface area contributed by atoms with E-state index in [9.17, 15) is 9.59 Å². The predicted molar refractivity (Wildman–Crippen MR) is 94.3 cm³/mol. The zero-order chi connectivity index (χ0) is 17.7. The molecular formula is C17H24N2O4Si. The highest BCUT2D eigenvalue weighted by molar-refractivity contribution is 7.04. The van der Waals surface area contributed by atoms with E-state index in [1.54, 1.807) is 6.92 Å². The molecule has 1 aromatic carbocycles. The second-order valence-corrected chi connectivity index (χ2v) is 11.7. The van der Waals surface area contributed by atoms with Crippen LogP contribution in [0.4, 0.5) is 4.79 Å². The summed E-state index contributed by atoms with van der Waals surface area (Å²) in [5, 5.41) is 6.45. The van der Waals surface area contributed by atoms with Crippen LogP contribution in [0.1, 0.15) is 18.9 Å². The summed E-state index contributed by atoms with van der Waals surface area (Å²) in [5.74, 6) is -0.439. The average molecular weight is 348 g/mol. The van der Waals surface area contributed by atoms with Gasteiger partial charge in [-0.2, -0.15) is 10.1 Å². The fraction of sp³-hybridized carbons (Fsp3) is 0.471. The van der Waals surface area contributed by atoms with Crippen LogP contribution in [0, 0.1) is 0 Å². The van der Waals surface area contributed by atoms with Gasteiger partial charge in [-0.3, -0.25) is 0 Å². The number of amides is 1. The Morgan fingerprint density at radius 3 is 2.46 bits per heavy atom. The summed E-state index contributed by atoms with van der Waals surface area (Å²) >= 11 is 0. The molecule has 1 heterocycles. The molecule has 0 N–H and O–H groups in total. The molecule has 0 bridgehead atoms. The van der Waals surface area contributed by atoms with Crippen LogP contribution in [0.2, 0.25) is 19.6 Å². The number of ether oxygens (including phenoxy) is 2. The van der Waals surface area contributed by atoms with E-state index in [4.69, 9.17) is 9.47 Å². The van der Waals surface area contributed by atoms with Crippen molar-refractivity contribution in [1.82, 2.24) is 5.01 Å². The number of carbonyl (C=O) groups is 2. The van der Waals surface area contributed by atoms with Crippen LogP contribution in [0.5, 0.6) is 0 Å². The summed E-state index contributed by atoms with van der Waals surface area (Å²) in [6.45, 7) is 8.55. The maximum atomic E-state index is 12.4. The lowest BCUT2D eigenvalue weighted by Crippen LogP contribution is -2.40. The molecule has 1 amide bonds. The molecule has 1 aromatic rings. The van der Waals surface area contributed by atoms with Crippen molar-refractivity contribution in [2.45, 2.75) is 45.6 Å². The molecule has 1 unspecified atom stereocenters. The highest BCUT2D eigenvalue weighted by Crippen LogP contribution is 2.23. The van der Waals surface area contributed by atoms with Crippen molar-refractivity contribution < 1.29 is 19.1 Å². The third-order valence-electron chi connectivity index (χ3n) is 3.73. The maximum absolute atomic E-state index is 12.4. The zero-order valence-electron chi connectivity index (χ0n) is 14.6. The molecule has 0 radical (unpaired) electrons. The molecule has 6 nitrogen and oxygen atoms in total. The number of esters is 1. The number of carbonyl (C=O) groups excluding carboxylic acids is 2. The monoisotopic (exact) mass is 348 g/mol. The Bertz CT molecular complexity index is 625. The number of rotatable bonds is 5. The summed E-state index contributed by atoms with van der Waals surface area (Å²) in [6, 6.07) is 8.67. The van der Waals surface area contributed by atoms with Gasteiger partial charge >= 0.3 is 12.1 Å². The van der Waals surface area contributed by atoms with E-state index in [1.807, 2.05) is 30.3 Å². The first-order chi connectivity index (χ1) is 11.3. The molecule has 24 heavy (non-hydrogen) atoms. The van der Waals surface area contributed by atoms with E-state index in [0.717, 1.165) is 15.9 Å². The number of nitrogens with zero attached hydrogens (tertiary/aromatic N) is 2. The molecule has 130 valence electrons. The summed E-state index contributed by atoms with van der Waals surface area (Å²) < 4.78 is 10.4. The lowest BCUT2D eigenvalue weighted by molar-refractivity contribution is -0.148. The largest absolute Gasteiger partial charge is 0.464 e. The normalized spacial score (nSPS) is 17.4. The maximum Gasteiger partial charge on any atom is 0.431 e. The average Bonchev–Trinajstić information content (AvgIpc) is 2.99. The second kappa shape index (κ2) is 7.61. The predicted octanol–water partition coefficient (Wildman–Crippen LogP) is 3.19. The second-order valence-electron chi connectivity index (χ2n) is 6.65. The van der Waals surface area contributed by atoms with Crippen molar-refractivity contribution in [1.29, 1.82) is 0 Å². The van der Waals surface area contributed by atoms with E-state index in [1.165, 1.54) is 0 Å². The minimum atomic E-state index is -1.72. The molecule has 1 aliphatic heterocycles. The van der Waals surface area contributed by atoms with Crippen molar-refractivity contribution in [3.05, 3.63) is 35.9 Å². The Hall–Kier alpha value is -2.15. The third-order valence-corrected chi connectivity index (χ3v) is 5.76. The number of hydrogen-bond donors (Lipinski definition) is 0. The van der Waals surface area contributed by atoms with E-state index in [0.29, 0.717) is 6.42 Å². The minimum Gasteiger partial charge on any atom is -0.464 e. The Labute approximate surface area is 143 Å². The molecule has 0 saturated heterocycles. The van der Waals surface area contributed by atoms with Gasteiger partial charge in [0.2, 0.25) is 0 Å². The molecule has 2 rings (SSSR count). The Kier molecular flexibility index (Phi) is 5.77. The summed E-state index contributed by atoms with van der Waals surface area (Å²) in [7, 11) is -1.72. The topological polar surface area (TPSA) is 68.2 Å². The van der Waals surface area contributed by atoms with Gasteiger partial charge in [-0.1, -0.05) is 50.0 Å². The fourth-order valence-electron chi connectivity index (χ4n) is 2.34. The van der Waals surface area contributed by atoms with Gasteiger partial charge in [0, 0.05) is 11.8 Å². The van der Waals surface area contributed by atoms with Crippen molar-refractivity contribution in [2.75, 3.05) is 6.61 Å². The highest BCUT2D eigenvalue weighted by Gasteiger charge is 2.42. The van der Waals surface area contributed by atoms with Crippen molar-refractivity contribution in [2.24, 2.45) is 5.10 Å². The van der Waals surface area contributed by atoms with Gasteiger partial charge in [0.05, 0.1) is 14.7 Å². The number of benzene rings is 1. The molecule has 1 atom stereocenters. The van der Waals surface area contributed by atoms with Crippen LogP contribution in [0.25, 0.3) is 0 Å². The van der Waals surface area contributed by atoms with Crippen LogP contribution in [-0.4, -0.2) is 43.1 Å². The van der Waals surface area contributed by atoms with Gasteiger partial charge < -0.3 is 9.47 Å². The van der Waals surface area contributed by atoms with Crippen LogP contribution in [0.15, 0.2) is 35.4 Å². The van der Waals surface area contributed by atoms with Crippen LogP contribution in [0.3, 0.4) is 0 Å². The standard InChI is InChI=1S/C17H24N2O4Si/c1-5-22-16(20)14-11-15(24(2,3)4)18-19(14)17(21)23-12-13-9-7-6-8-10-13/h6-10,14H,5,11-12H2,1-4H3. The van der Waals surface area contributed by atoms with E-state index in [2.05, 4.69) is 24.7 Å². The summed E-state index contributed by atoms with van der Waals surface area (Å²) in [4.78, 5) is 24.6. The fourth-order valence-corrected chi connectivity index (χ4v) is 3.55. The van der Waals surface area contributed by atoms with Crippen LogP contribution < -0.4 is 0 Å². The molecule has 0 aliphatic carbocycles. The molecular weight excluding hydrogens is 324 g/mol. The van der Waals surface area contributed by atoms with Crippen molar-refractivity contribution in [3.63, 3.8) is 0 Å². The van der Waals surface area contributed by atoms with Crippen LogP contribution in [-0.2, 0) is 20.9 Å². The van der Waals surface area contributed by atoms with Gasteiger partial charge in [0.25, 0.3) is 0 Å². The first-order valence-corrected chi connectivity index (χ1v) is 11.6. The molecule has 1 aliphatic rings. The van der Waals surface area contributed by atoms with Crippen molar-refractivity contribution in [3.8, 4) is 0 Å². The number of hydrogen-bond acceptors (Lipinski definition) is 5. The van der Waals surface area contributed by atoms with E-state index < -0.39 is 26.2 Å². The third kappa shape index (κ3) is 4.44. The summed E-state index contributed by atoms with van der Waals surface area (Å²) in [6.07, 6.45) is -0.195. The minimum absolute atomic E-state index is 0.142. The quantitative estimate of drug-likeness (QED) is 0.605. The van der Waals surface area contributed by atoms with Gasteiger partial charge in [0.15, 0.2) is 6.04 Å². The first-order valence-electron chi connectivity index (χ1n) is 8.07. The zero-order valence-corrected chi connectivity index (χ0v) is 15.6. The Balaban J connectivity index is 2.11. The Morgan fingerprint density at radius 2 is 1.88 bits per heavy atom. The van der Waals surface area contributed by atoms with Gasteiger partial charge in [-0.05, 0) is 12.5 Å². The van der Waals surface area contributed by atoms with Gasteiger partial charge in [0.1, 0.15) is 6.61 Å².